The first-order valence-electron chi connectivity index (χ1n) is 4.84. The third-order valence-corrected chi connectivity index (χ3v) is 3.91. The molecule has 0 fully saturated rings. The van der Waals surface area contributed by atoms with Crippen LogP contribution in [0.5, 0.6) is 0 Å². The van der Waals surface area contributed by atoms with Crippen LogP contribution in [0.2, 0.25) is 0 Å². The topological polar surface area (TPSA) is 42.0 Å². The number of thioether (sulfide) groups is 1. The lowest BCUT2D eigenvalue weighted by atomic mass is 10.4. The fourth-order valence-electron chi connectivity index (χ4n) is 0.924. The van der Waals surface area contributed by atoms with Crippen LogP contribution in [-0.4, -0.2) is 21.9 Å². The molecule has 5 heteroatoms. The van der Waals surface area contributed by atoms with E-state index in [0.717, 1.165) is 10.6 Å². The van der Waals surface area contributed by atoms with Gasteiger partial charge in [-0.25, -0.2) is 4.98 Å². The van der Waals surface area contributed by atoms with Gasteiger partial charge in [0.1, 0.15) is 0 Å². The lowest BCUT2D eigenvalue weighted by Gasteiger charge is -2.03. The summed E-state index contributed by atoms with van der Waals surface area (Å²) in [6, 6.07) is 0. The van der Waals surface area contributed by atoms with Gasteiger partial charge in [0, 0.05) is 4.88 Å². The number of hydrogen-bond donors (Lipinski definition) is 1. The van der Waals surface area contributed by atoms with Gasteiger partial charge < -0.3 is 5.32 Å². The summed E-state index contributed by atoms with van der Waals surface area (Å²) < 4.78 is 0. The third kappa shape index (κ3) is 4.22. The van der Waals surface area contributed by atoms with Gasteiger partial charge in [-0.15, -0.1) is 23.1 Å². The summed E-state index contributed by atoms with van der Waals surface area (Å²) >= 11 is 3.16. The third-order valence-electron chi connectivity index (χ3n) is 1.82. The lowest BCUT2D eigenvalue weighted by Crippen LogP contribution is -2.15. The van der Waals surface area contributed by atoms with Crippen molar-refractivity contribution in [3.05, 3.63) is 10.6 Å². The first kappa shape index (κ1) is 12.5. The van der Waals surface area contributed by atoms with Crippen LogP contribution in [0.1, 0.15) is 24.4 Å². The van der Waals surface area contributed by atoms with Crippen LogP contribution >= 0.6 is 23.1 Å². The molecular formula is C10H16N2OS2. The summed E-state index contributed by atoms with van der Waals surface area (Å²) in [5.41, 5.74) is 0.992. The van der Waals surface area contributed by atoms with E-state index in [-0.39, 0.29) is 5.91 Å². The number of anilines is 1. The van der Waals surface area contributed by atoms with Crippen molar-refractivity contribution in [3.63, 3.8) is 0 Å². The van der Waals surface area contributed by atoms with Gasteiger partial charge >= 0.3 is 0 Å². The zero-order valence-corrected chi connectivity index (χ0v) is 11.1. The second-order valence-corrected chi connectivity index (χ2v) is 6.34. The van der Waals surface area contributed by atoms with Crippen molar-refractivity contribution in [1.82, 2.24) is 4.98 Å². The summed E-state index contributed by atoms with van der Waals surface area (Å²) in [6.07, 6.45) is 0. The SMILES string of the molecule is Cc1nc(NC(=O)CSC(C)C)sc1C. The Bertz CT molecular complexity index is 328. The molecule has 84 valence electrons. The second kappa shape index (κ2) is 5.51. The maximum Gasteiger partial charge on any atom is 0.236 e. The Balaban J connectivity index is 2.44. The molecule has 0 radical (unpaired) electrons. The summed E-state index contributed by atoms with van der Waals surface area (Å²) in [7, 11) is 0. The lowest BCUT2D eigenvalue weighted by molar-refractivity contribution is -0.113. The maximum atomic E-state index is 11.5. The van der Waals surface area contributed by atoms with Crippen molar-refractivity contribution in [2.24, 2.45) is 0 Å². The summed E-state index contributed by atoms with van der Waals surface area (Å²) in [5.74, 6) is 0.525. The van der Waals surface area contributed by atoms with Gasteiger partial charge in [0.15, 0.2) is 5.13 Å². The predicted octanol–water partition coefficient (Wildman–Crippen LogP) is 2.84. The number of carbonyl (C=O) groups excluding carboxylic acids is 1. The largest absolute Gasteiger partial charge is 0.301 e. The number of rotatable bonds is 4. The van der Waals surface area contributed by atoms with Gasteiger partial charge in [-0.2, -0.15) is 0 Å². The van der Waals surface area contributed by atoms with Crippen LogP contribution in [0.4, 0.5) is 5.13 Å². The highest BCUT2D eigenvalue weighted by Gasteiger charge is 2.08. The molecule has 0 aliphatic carbocycles. The fraction of sp³-hybridized carbons (Fsp3) is 0.600. The van der Waals surface area contributed by atoms with Gasteiger partial charge in [-0.05, 0) is 19.1 Å². The van der Waals surface area contributed by atoms with Gasteiger partial charge in [0.25, 0.3) is 0 Å². The molecule has 1 aromatic rings. The molecule has 3 nitrogen and oxygen atoms in total. The molecule has 1 N–H and O–H groups in total. The molecule has 0 saturated carbocycles. The summed E-state index contributed by atoms with van der Waals surface area (Å²) in [6.45, 7) is 8.11. The molecular weight excluding hydrogens is 228 g/mol. The molecule has 0 unspecified atom stereocenters. The Morgan fingerprint density at radius 1 is 1.53 bits per heavy atom. The van der Waals surface area contributed by atoms with E-state index in [1.54, 1.807) is 11.8 Å². The normalized spacial score (nSPS) is 10.7. The molecule has 0 aliphatic heterocycles. The minimum Gasteiger partial charge on any atom is -0.301 e. The van der Waals surface area contributed by atoms with Gasteiger partial charge in [0.05, 0.1) is 11.4 Å². The fourth-order valence-corrected chi connectivity index (χ4v) is 2.31. The maximum absolute atomic E-state index is 11.5. The van der Waals surface area contributed by atoms with Crippen molar-refractivity contribution in [2.75, 3.05) is 11.1 Å². The zero-order valence-electron chi connectivity index (χ0n) is 9.46. The summed E-state index contributed by atoms with van der Waals surface area (Å²) in [4.78, 5) is 16.9. The van der Waals surface area contributed by atoms with Gasteiger partial charge in [-0.1, -0.05) is 13.8 Å². The molecule has 0 aliphatic rings. The van der Waals surface area contributed by atoms with Crippen molar-refractivity contribution in [2.45, 2.75) is 32.9 Å². The number of thiazole rings is 1. The minimum absolute atomic E-state index is 0.0300. The summed E-state index contributed by atoms with van der Waals surface area (Å²) in [5, 5.41) is 4.00. The van der Waals surface area contributed by atoms with Gasteiger partial charge in [0.2, 0.25) is 5.91 Å². The van der Waals surface area contributed by atoms with E-state index in [1.807, 2.05) is 13.8 Å². The standard InChI is InChI=1S/C10H16N2OS2/c1-6(2)14-5-9(13)12-10-11-7(3)8(4)15-10/h6H,5H2,1-4H3,(H,11,12,13). The Hall–Kier alpha value is -0.550. The monoisotopic (exact) mass is 244 g/mol. The Kier molecular flexibility index (Phi) is 4.60. The Morgan fingerprint density at radius 2 is 2.20 bits per heavy atom. The van der Waals surface area contributed by atoms with E-state index in [1.165, 1.54) is 11.3 Å². The van der Waals surface area contributed by atoms with Crippen LogP contribution in [0.25, 0.3) is 0 Å². The predicted molar refractivity (Wildman–Crippen MR) is 67.8 cm³/mol. The molecule has 1 rings (SSSR count). The molecule has 15 heavy (non-hydrogen) atoms. The number of nitrogens with one attached hydrogen (secondary N) is 1. The van der Waals surface area contributed by atoms with E-state index >= 15 is 0 Å². The first-order chi connectivity index (χ1) is 6.99. The molecule has 1 heterocycles. The number of amides is 1. The Labute approximate surface area is 98.7 Å². The van der Waals surface area contributed by atoms with E-state index in [4.69, 9.17) is 0 Å². The van der Waals surface area contributed by atoms with E-state index in [9.17, 15) is 4.79 Å². The van der Waals surface area contributed by atoms with E-state index in [0.29, 0.717) is 16.1 Å². The van der Waals surface area contributed by atoms with Crippen molar-refractivity contribution < 1.29 is 4.79 Å². The molecule has 0 bridgehead atoms. The van der Waals surface area contributed by atoms with Crippen LogP contribution < -0.4 is 5.32 Å². The highest BCUT2D eigenvalue weighted by Crippen LogP contribution is 2.21. The highest BCUT2D eigenvalue weighted by atomic mass is 32.2. The minimum atomic E-state index is 0.0300. The van der Waals surface area contributed by atoms with E-state index in [2.05, 4.69) is 24.1 Å². The average Bonchev–Trinajstić information content (AvgIpc) is 2.42. The van der Waals surface area contributed by atoms with E-state index < -0.39 is 0 Å². The van der Waals surface area contributed by atoms with Crippen molar-refractivity contribution in [1.29, 1.82) is 0 Å². The quantitative estimate of drug-likeness (QED) is 0.885. The number of aromatic nitrogens is 1. The first-order valence-corrected chi connectivity index (χ1v) is 6.71. The highest BCUT2D eigenvalue weighted by molar-refractivity contribution is 8.00. The van der Waals surface area contributed by atoms with Crippen LogP contribution in [0.15, 0.2) is 0 Å². The molecule has 0 saturated heterocycles. The number of nitrogens with zero attached hydrogens (tertiary/aromatic N) is 1. The van der Waals surface area contributed by atoms with Crippen LogP contribution in [0.3, 0.4) is 0 Å². The van der Waals surface area contributed by atoms with Crippen molar-refractivity contribution >= 4 is 34.1 Å². The number of hydrogen-bond acceptors (Lipinski definition) is 4. The zero-order chi connectivity index (χ0) is 11.4. The smallest absolute Gasteiger partial charge is 0.236 e. The van der Waals surface area contributed by atoms with Crippen LogP contribution in [0, 0.1) is 13.8 Å². The average molecular weight is 244 g/mol. The molecule has 0 spiro atoms. The molecule has 1 amide bonds. The van der Waals surface area contributed by atoms with Crippen molar-refractivity contribution in [3.8, 4) is 0 Å². The molecule has 0 aromatic carbocycles. The second-order valence-electron chi connectivity index (χ2n) is 3.57. The molecule has 0 atom stereocenters. The van der Waals surface area contributed by atoms with Gasteiger partial charge in [-0.3, -0.25) is 4.79 Å². The number of carbonyl (C=O) groups is 1. The number of aryl methyl sites for hydroxylation is 2. The Morgan fingerprint density at radius 3 is 2.67 bits per heavy atom. The molecule has 1 aromatic heterocycles. The van der Waals surface area contributed by atoms with Crippen LogP contribution in [-0.2, 0) is 4.79 Å².